The monoisotopic (exact) mass is 377 g/mol. The number of nitrogens with zero attached hydrogens (tertiary/aromatic N) is 2. The van der Waals surface area contributed by atoms with E-state index in [0.717, 1.165) is 25.2 Å². The number of hydrogen-bond acceptors (Lipinski definition) is 3. The molecule has 0 radical (unpaired) electrons. The van der Waals surface area contributed by atoms with Gasteiger partial charge in [0.25, 0.3) is 0 Å². The minimum atomic E-state index is -0.863. The second kappa shape index (κ2) is 7.66. The number of rotatable bonds is 5. The first-order chi connectivity index (χ1) is 13.6. The molecule has 28 heavy (non-hydrogen) atoms. The van der Waals surface area contributed by atoms with Crippen LogP contribution < -0.4 is 10.2 Å². The summed E-state index contributed by atoms with van der Waals surface area (Å²) in [6.45, 7) is 5.02. The SMILES string of the molecule is CCc1ccc(NC(=O)C2(C(=O)N3CCN(c4ccccc4)CC3)CC2)cc1. The largest absolute Gasteiger partial charge is 0.368 e. The third kappa shape index (κ3) is 3.61. The van der Waals surface area contributed by atoms with Crippen LogP contribution in [0.2, 0.25) is 0 Å². The molecule has 0 atom stereocenters. The zero-order valence-electron chi connectivity index (χ0n) is 16.4. The molecule has 2 aromatic rings. The van der Waals surface area contributed by atoms with E-state index < -0.39 is 5.41 Å². The lowest BCUT2D eigenvalue weighted by atomic mass is 10.0. The summed E-state index contributed by atoms with van der Waals surface area (Å²) in [6, 6.07) is 18.1. The molecule has 146 valence electrons. The molecule has 0 spiro atoms. The van der Waals surface area contributed by atoms with Crippen molar-refractivity contribution in [1.82, 2.24) is 4.90 Å². The molecular weight excluding hydrogens is 350 g/mol. The van der Waals surface area contributed by atoms with Crippen LogP contribution in [0, 0.1) is 5.41 Å². The Bertz CT molecular complexity index is 836. The topological polar surface area (TPSA) is 52.7 Å². The van der Waals surface area contributed by atoms with Gasteiger partial charge in [0, 0.05) is 37.6 Å². The van der Waals surface area contributed by atoms with Crippen molar-refractivity contribution < 1.29 is 9.59 Å². The average molecular weight is 377 g/mol. The molecule has 0 unspecified atom stereocenters. The van der Waals surface area contributed by atoms with E-state index in [-0.39, 0.29) is 11.8 Å². The minimum absolute atomic E-state index is 0.0112. The van der Waals surface area contributed by atoms with Crippen molar-refractivity contribution in [3.8, 4) is 0 Å². The highest BCUT2D eigenvalue weighted by Gasteiger charge is 2.58. The van der Waals surface area contributed by atoms with Gasteiger partial charge < -0.3 is 15.1 Å². The normalized spacial score (nSPS) is 17.9. The third-order valence-corrected chi connectivity index (χ3v) is 5.90. The number of benzene rings is 2. The van der Waals surface area contributed by atoms with E-state index in [1.165, 1.54) is 11.3 Å². The van der Waals surface area contributed by atoms with Crippen LogP contribution >= 0.6 is 0 Å². The smallest absolute Gasteiger partial charge is 0.240 e. The summed E-state index contributed by atoms with van der Waals surface area (Å²) >= 11 is 0. The lowest BCUT2D eigenvalue weighted by Gasteiger charge is -2.37. The first-order valence-corrected chi connectivity index (χ1v) is 10.1. The van der Waals surface area contributed by atoms with Gasteiger partial charge in [0.1, 0.15) is 5.41 Å². The second-order valence-corrected chi connectivity index (χ2v) is 7.70. The van der Waals surface area contributed by atoms with Crippen molar-refractivity contribution in [2.45, 2.75) is 26.2 Å². The van der Waals surface area contributed by atoms with Gasteiger partial charge in [0.15, 0.2) is 0 Å². The average Bonchev–Trinajstić information content (AvgIpc) is 3.57. The van der Waals surface area contributed by atoms with Crippen LogP contribution in [0.3, 0.4) is 0 Å². The molecular formula is C23H27N3O2. The van der Waals surface area contributed by atoms with Gasteiger partial charge in [0.2, 0.25) is 11.8 Å². The molecule has 1 N–H and O–H groups in total. The highest BCUT2D eigenvalue weighted by molar-refractivity contribution is 6.13. The van der Waals surface area contributed by atoms with Crippen LogP contribution in [0.15, 0.2) is 54.6 Å². The number of amides is 2. The molecule has 5 heteroatoms. The van der Waals surface area contributed by atoms with Gasteiger partial charge in [-0.3, -0.25) is 9.59 Å². The fourth-order valence-corrected chi connectivity index (χ4v) is 3.85. The van der Waals surface area contributed by atoms with Gasteiger partial charge in [-0.2, -0.15) is 0 Å². The Morgan fingerprint density at radius 3 is 2.14 bits per heavy atom. The Morgan fingerprint density at radius 1 is 0.929 bits per heavy atom. The highest BCUT2D eigenvalue weighted by atomic mass is 16.2. The van der Waals surface area contributed by atoms with Crippen LogP contribution in [-0.2, 0) is 16.0 Å². The van der Waals surface area contributed by atoms with E-state index in [9.17, 15) is 9.59 Å². The molecule has 4 rings (SSSR count). The maximum atomic E-state index is 13.1. The van der Waals surface area contributed by atoms with E-state index in [0.29, 0.717) is 25.9 Å². The first kappa shape index (κ1) is 18.5. The van der Waals surface area contributed by atoms with Crippen molar-refractivity contribution in [2.75, 3.05) is 36.4 Å². The molecule has 1 saturated carbocycles. The molecule has 2 aromatic carbocycles. The molecule has 2 amide bonds. The Balaban J connectivity index is 1.37. The van der Waals surface area contributed by atoms with Gasteiger partial charge in [0.05, 0.1) is 0 Å². The molecule has 0 aromatic heterocycles. The number of para-hydroxylation sites is 1. The Hall–Kier alpha value is -2.82. The molecule has 1 aliphatic carbocycles. The zero-order valence-corrected chi connectivity index (χ0v) is 16.4. The predicted molar refractivity (Wildman–Crippen MR) is 111 cm³/mol. The number of carbonyl (C=O) groups is 2. The van der Waals surface area contributed by atoms with E-state index in [1.54, 1.807) is 0 Å². The third-order valence-electron chi connectivity index (χ3n) is 5.90. The van der Waals surface area contributed by atoms with Crippen LogP contribution in [0.5, 0.6) is 0 Å². The summed E-state index contributed by atoms with van der Waals surface area (Å²) in [5, 5.41) is 2.95. The zero-order chi connectivity index (χ0) is 19.6. The number of hydrogen-bond donors (Lipinski definition) is 1. The van der Waals surface area contributed by atoms with Gasteiger partial charge in [-0.05, 0) is 49.1 Å². The molecule has 1 heterocycles. The maximum Gasteiger partial charge on any atom is 0.240 e. The van der Waals surface area contributed by atoms with Crippen LogP contribution in [0.4, 0.5) is 11.4 Å². The summed E-state index contributed by atoms with van der Waals surface area (Å²) in [5.74, 6) is -0.171. The minimum Gasteiger partial charge on any atom is -0.368 e. The lowest BCUT2D eigenvalue weighted by molar-refractivity contribution is -0.142. The van der Waals surface area contributed by atoms with Crippen LogP contribution in [-0.4, -0.2) is 42.9 Å². The van der Waals surface area contributed by atoms with Crippen molar-refractivity contribution in [3.63, 3.8) is 0 Å². The summed E-state index contributed by atoms with van der Waals surface area (Å²) in [7, 11) is 0. The van der Waals surface area contributed by atoms with Gasteiger partial charge >= 0.3 is 0 Å². The number of carbonyl (C=O) groups excluding carboxylic acids is 2. The van der Waals surface area contributed by atoms with Crippen LogP contribution in [0.25, 0.3) is 0 Å². The number of anilines is 2. The van der Waals surface area contributed by atoms with E-state index in [1.807, 2.05) is 47.4 Å². The lowest BCUT2D eigenvalue weighted by Crippen LogP contribution is -2.52. The first-order valence-electron chi connectivity index (χ1n) is 10.1. The Morgan fingerprint density at radius 2 is 1.57 bits per heavy atom. The highest BCUT2D eigenvalue weighted by Crippen LogP contribution is 2.48. The fraction of sp³-hybridized carbons (Fsp3) is 0.391. The summed E-state index contributed by atoms with van der Waals surface area (Å²) < 4.78 is 0. The Labute approximate surface area is 166 Å². The van der Waals surface area contributed by atoms with E-state index >= 15 is 0 Å². The maximum absolute atomic E-state index is 13.1. The number of aryl methyl sites for hydroxylation is 1. The number of nitrogens with one attached hydrogen (secondary N) is 1. The van der Waals surface area contributed by atoms with E-state index in [4.69, 9.17) is 0 Å². The summed E-state index contributed by atoms with van der Waals surface area (Å²) in [5.41, 5.74) is 2.31. The van der Waals surface area contributed by atoms with Crippen molar-refractivity contribution in [1.29, 1.82) is 0 Å². The standard InChI is InChI=1S/C23H27N3O2/c1-2-18-8-10-19(11-9-18)24-21(27)23(12-13-23)22(28)26-16-14-25(15-17-26)20-6-4-3-5-7-20/h3-11H,2,12-17H2,1H3,(H,24,27). The molecule has 5 nitrogen and oxygen atoms in total. The fourth-order valence-electron chi connectivity index (χ4n) is 3.85. The molecule has 0 bridgehead atoms. The quantitative estimate of drug-likeness (QED) is 0.814. The summed E-state index contributed by atoms with van der Waals surface area (Å²) in [4.78, 5) is 30.1. The Kier molecular flexibility index (Phi) is 5.07. The molecule has 2 fully saturated rings. The summed E-state index contributed by atoms with van der Waals surface area (Å²) in [6.07, 6.45) is 2.25. The molecule has 1 saturated heterocycles. The molecule has 1 aliphatic heterocycles. The van der Waals surface area contributed by atoms with Gasteiger partial charge in [-0.15, -0.1) is 0 Å². The second-order valence-electron chi connectivity index (χ2n) is 7.70. The predicted octanol–water partition coefficient (Wildman–Crippen LogP) is 3.32. The van der Waals surface area contributed by atoms with Crippen molar-refractivity contribution >= 4 is 23.2 Å². The molecule has 2 aliphatic rings. The number of piperazine rings is 1. The van der Waals surface area contributed by atoms with Crippen molar-refractivity contribution in [3.05, 3.63) is 60.2 Å². The van der Waals surface area contributed by atoms with Gasteiger partial charge in [-0.25, -0.2) is 0 Å². The van der Waals surface area contributed by atoms with Gasteiger partial charge in [-0.1, -0.05) is 37.3 Å². The van der Waals surface area contributed by atoms with Crippen LogP contribution in [0.1, 0.15) is 25.3 Å². The van der Waals surface area contributed by atoms with E-state index in [2.05, 4.69) is 29.3 Å². The van der Waals surface area contributed by atoms with Crippen molar-refractivity contribution in [2.24, 2.45) is 5.41 Å².